The minimum Gasteiger partial charge on any atom is -0.494 e. The minimum absolute atomic E-state index is 0.216. The highest BCUT2D eigenvalue weighted by Crippen LogP contribution is 2.22. The molecule has 0 saturated carbocycles. The highest BCUT2D eigenvalue weighted by atomic mass is 19.1. The van der Waals surface area contributed by atoms with Crippen molar-refractivity contribution >= 4 is 0 Å². The zero-order valence-electron chi connectivity index (χ0n) is 12.5. The van der Waals surface area contributed by atoms with E-state index in [9.17, 15) is 4.39 Å². The van der Waals surface area contributed by atoms with Crippen molar-refractivity contribution in [1.82, 2.24) is 5.32 Å². The molecule has 0 radical (unpaired) electrons. The van der Waals surface area contributed by atoms with Crippen LogP contribution in [0.2, 0.25) is 0 Å². The lowest BCUT2D eigenvalue weighted by atomic mass is 10.1. The zero-order valence-corrected chi connectivity index (χ0v) is 12.5. The van der Waals surface area contributed by atoms with E-state index in [1.807, 2.05) is 6.07 Å². The maximum atomic E-state index is 13.3. The second-order valence-electron chi connectivity index (χ2n) is 5.46. The summed E-state index contributed by atoms with van der Waals surface area (Å²) >= 11 is 0. The van der Waals surface area contributed by atoms with Gasteiger partial charge in [0.25, 0.3) is 0 Å². The molecule has 0 bridgehead atoms. The summed E-state index contributed by atoms with van der Waals surface area (Å²) in [7, 11) is 1.49. The first-order valence-electron chi connectivity index (χ1n) is 7.11. The molecule has 3 heteroatoms. The van der Waals surface area contributed by atoms with Gasteiger partial charge in [0, 0.05) is 6.04 Å². The molecule has 0 aliphatic heterocycles. The summed E-state index contributed by atoms with van der Waals surface area (Å²) in [5, 5.41) is 3.47. The van der Waals surface area contributed by atoms with Crippen LogP contribution in [0.15, 0.2) is 18.2 Å². The summed E-state index contributed by atoms with van der Waals surface area (Å²) in [5.74, 6) is 0.778. The first kappa shape index (κ1) is 16.0. The number of benzene rings is 1. The minimum atomic E-state index is -0.310. The van der Waals surface area contributed by atoms with Crippen molar-refractivity contribution in [3.8, 4) is 5.75 Å². The molecule has 0 aromatic heterocycles. The number of rotatable bonds is 8. The van der Waals surface area contributed by atoms with Gasteiger partial charge in [-0.3, -0.25) is 0 Å². The van der Waals surface area contributed by atoms with Gasteiger partial charge in [0.2, 0.25) is 0 Å². The Kier molecular flexibility index (Phi) is 6.85. The predicted octanol–water partition coefficient (Wildman–Crippen LogP) is 4.31. The molecule has 0 heterocycles. The third-order valence-corrected chi connectivity index (χ3v) is 3.33. The van der Waals surface area contributed by atoms with Crippen LogP contribution >= 0.6 is 0 Å². The molecule has 1 rings (SSSR count). The summed E-state index contributed by atoms with van der Waals surface area (Å²) in [4.78, 5) is 0. The molecule has 1 aromatic rings. The Morgan fingerprint density at radius 1 is 1.21 bits per heavy atom. The first-order chi connectivity index (χ1) is 9.04. The second kappa shape index (κ2) is 8.16. The van der Waals surface area contributed by atoms with Crippen molar-refractivity contribution in [3.05, 3.63) is 29.6 Å². The van der Waals surface area contributed by atoms with Crippen LogP contribution in [0.3, 0.4) is 0 Å². The summed E-state index contributed by atoms with van der Waals surface area (Å²) < 4.78 is 18.3. The molecule has 0 aliphatic carbocycles. The van der Waals surface area contributed by atoms with E-state index in [2.05, 4.69) is 26.1 Å². The average molecular weight is 267 g/mol. The summed E-state index contributed by atoms with van der Waals surface area (Å²) in [6, 6.07) is 5.25. The van der Waals surface area contributed by atoms with Gasteiger partial charge < -0.3 is 10.1 Å². The largest absolute Gasteiger partial charge is 0.494 e. The van der Waals surface area contributed by atoms with Crippen LogP contribution in [0.1, 0.15) is 51.6 Å². The Morgan fingerprint density at radius 3 is 2.58 bits per heavy atom. The lowest BCUT2D eigenvalue weighted by Gasteiger charge is -2.15. The molecule has 1 N–H and O–H groups in total. The molecule has 0 amide bonds. The molecule has 0 saturated heterocycles. The average Bonchev–Trinajstić information content (AvgIpc) is 2.38. The van der Waals surface area contributed by atoms with Crippen LogP contribution in [0.25, 0.3) is 0 Å². The highest BCUT2D eigenvalue weighted by molar-refractivity contribution is 5.31. The van der Waals surface area contributed by atoms with Gasteiger partial charge in [0.1, 0.15) is 0 Å². The third kappa shape index (κ3) is 5.60. The van der Waals surface area contributed by atoms with Gasteiger partial charge in [-0.15, -0.1) is 0 Å². The summed E-state index contributed by atoms with van der Waals surface area (Å²) in [6.07, 6.45) is 3.71. The van der Waals surface area contributed by atoms with Crippen molar-refractivity contribution < 1.29 is 9.13 Å². The maximum Gasteiger partial charge on any atom is 0.165 e. The van der Waals surface area contributed by atoms with Crippen LogP contribution in [-0.4, -0.2) is 13.7 Å². The normalized spacial score (nSPS) is 12.7. The molecule has 0 fully saturated rings. The Bertz CT molecular complexity index is 379. The molecule has 1 unspecified atom stereocenters. The highest BCUT2D eigenvalue weighted by Gasteiger charge is 2.08. The van der Waals surface area contributed by atoms with Crippen LogP contribution < -0.4 is 10.1 Å². The Balaban J connectivity index is 2.38. The number of unbranched alkanes of at least 4 members (excludes halogenated alkanes) is 1. The molecule has 108 valence electrons. The lowest BCUT2D eigenvalue weighted by Crippen LogP contribution is -2.20. The van der Waals surface area contributed by atoms with E-state index in [0.29, 0.717) is 5.75 Å². The van der Waals surface area contributed by atoms with Crippen molar-refractivity contribution in [2.75, 3.05) is 13.7 Å². The van der Waals surface area contributed by atoms with Crippen LogP contribution in [0.4, 0.5) is 4.39 Å². The quantitative estimate of drug-likeness (QED) is 0.709. The van der Waals surface area contributed by atoms with Crippen molar-refractivity contribution in [2.24, 2.45) is 5.92 Å². The van der Waals surface area contributed by atoms with Gasteiger partial charge in [0.15, 0.2) is 11.6 Å². The predicted molar refractivity (Wildman–Crippen MR) is 78.1 cm³/mol. The van der Waals surface area contributed by atoms with Gasteiger partial charge in [-0.2, -0.15) is 0 Å². The Morgan fingerprint density at radius 2 is 1.95 bits per heavy atom. The molecular weight excluding hydrogens is 241 g/mol. The molecule has 1 atom stereocenters. The monoisotopic (exact) mass is 267 g/mol. The Hall–Kier alpha value is -1.09. The number of hydrogen-bond donors (Lipinski definition) is 1. The number of methoxy groups -OCH3 is 1. The smallest absolute Gasteiger partial charge is 0.165 e. The van der Waals surface area contributed by atoms with Crippen molar-refractivity contribution in [3.63, 3.8) is 0 Å². The standard InChI is InChI=1S/C16H26FNO/c1-12(2)7-5-6-10-18-13(3)14-8-9-15(17)16(11-14)19-4/h8-9,11-13,18H,5-7,10H2,1-4H3. The SMILES string of the molecule is COc1cc(C(C)NCCCCC(C)C)ccc1F. The van der Waals surface area contributed by atoms with Gasteiger partial charge >= 0.3 is 0 Å². The van der Waals surface area contributed by atoms with E-state index < -0.39 is 0 Å². The third-order valence-electron chi connectivity index (χ3n) is 3.33. The van der Waals surface area contributed by atoms with E-state index in [4.69, 9.17) is 4.74 Å². The zero-order chi connectivity index (χ0) is 14.3. The van der Waals surface area contributed by atoms with Gasteiger partial charge in [-0.25, -0.2) is 4.39 Å². The summed E-state index contributed by atoms with van der Waals surface area (Å²) in [5.41, 5.74) is 1.06. The van der Waals surface area contributed by atoms with Gasteiger partial charge in [-0.05, 0) is 43.5 Å². The van der Waals surface area contributed by atoms with E-state index >= 15 is 0 Å². The van der Waals surface area contributed by atoms with Crippen LogP contribution in [0, 0.1) is 11.7 Å². The summed E-state index contributed by atoms with van der Waals surface area (Å²) in [6.45, 7) is 7.59. The molecule has 2 nitrogen and oxygen atoms in total. The first-order valence-corrected chi connectivity index (χ1v) is 7.11. The fraction of sp³-hybridized carbons (Fsp3) is 0.625. The van der Waals surface area contributed by atoms with Crippen LogP contribution in [-0.2, 0) is 0 Å². The number of nitrogens with one attached hydrogen (secondary N) is 1. The fourth-order valence-electron chi connectivity index (χ4n) is 2.06. The maximum absolute atomic E-state index is 13.3. The molecular formula is C16H26FNO. The van der Waals surface area contributed by atoms with Gasteiger partial charge in [0.05, 0.1) is 7.11 Å². The number of hydrogen-bond acceptors (Lipinski definition) is 2. The topological polar surface area (TPSA) is 21.3 Å². The van der Waals surface area contributed by atoms with E-state index in [0.717, 1.165) is 18.0 Å². The fourth-order valence-corrected chi connectivity index (χ4v) is 2.06. The lowest BCUT2D eigenvalue weighted by molar-refractivity contribution is 0.385. The van der Waals surface area contributed by atoms with E-state index in [-0.39, 0.29) is 11.9 Å². The molecule has 19 heavy (non-hydrogen) atoms. The Labute approximate surface area is 116 Å². The van der Waals surface area contributed by atoms with Gasteiger partial charge in [-0.1, -0.05) is 32.8 Å². The second-order valence-corrected chi connectivity index (χ2v) is 5.46. The molecule has 0 spiro atoms. The molecule has 0 aliphatic rings. The van der Waals surface area contributed by atoms with Crippen molar-refractivity contribution in [1.29, 1.82) is 0 Å². The van der Waals surface area contributed by atoms with E-state index in [1.54, 1.807) is 6.07 Å². The number of halogens is 1. The van der Waals surface area contributed by atoms with Crippen molar-refractivity contribution in [2.45, 2.75) is 46.1 Å². The number of ether oxygens (including phenoxy) is 1. The molecule has 1 aromatic carbocycles. The van der Waals surface area contributed by atoms with Crippen LogP contribution in [0.5, 0.6) is 5.75 Å². The van der Waals surface area contributed by atoms with E-state index in [1.165, 1.54) is 32.4 Å².